The molecule has 0 unspecified atom stereocenters. The zero-order valence-electron chi connectivity index (χ0n) is 15.0. The Morgan fingerprint density at radius 3 is 2.44 bits per heavy atom. The van der Waals surface area contributed by atoms with E-state index < -0.39 is 0 Å². The highest BCUT2D eigenvalue weighted by Gasteiger charge is 2.07. The first-order valence-electron chi connectivity index (χ1n) is 8.45. The molecule has 1 N–H and O–H groups in total. The molecular weight excluding hydrogens is 338 g/mol. The third-order valence-corrected chi connectivity index (χ3v) is 3.58. The summed E-state index contributed by atoms with van der Waals surface area (Å²) in [5.74, 6) is 1.58. The first-order chi connectivity index (χ1) is 11.8. The molecule has 25 heavy (non-hydrogen) atoms. The first-order valence-corrected chi connectivity index (χ1v) is 8.45. The Hall–Kier alpha value is -1.75. The second kappa shape index (κ2) is 12.6. The van der Waals surface area contributed by atoms with Gasteiger partial charge in [0.25, 0.3) is 0 Å². The van der Waals surface area contributed by atoms with Crippen molar-refractivity contribution in [3.63, 3.8) is 0 Å². The van der Waals surface area contributed by atoms with E-state index in [1.54, 1.807) is 7.11 Å². The lowest BCUT2D eigenvalue weighted by molar-refractivity contribution is 0.194. The van der Waals surface area contributed by atoms with E-state index in [-0.39, 0.29) is 12.4 Å². The van der Waals surface area contributed by atoms with E-state index in [0.717, 1.165) is 43.2 Å². The smallest absolute Gasteiger partial charge is 0.161 e. The van der Waals surface area contributed by atoms with Crippen molar-refractivity contribution in [2.24, 2.45) is 0 Å². The minimum absolute atomic E-state index is 0. The third-order valence-electron chi connectivity index (χ3n) is 3.58. The van der Waals surface area contributed by atoms with Crippen LogP contribution in [0.4, 0.5) is 0 Å². The zero-order valence-corrected chi connectivity index (χ0v) is 15.8. The molecule has 0 bridgehead atoms. The van der Waals surface area contributed by atoms with E-state index >= 15 is 0 Å². The molecule has 0 atom stereocenters. The normalized spacial score (nSPS) is 10.2. The third kappa shape index (κ3) is 7.78. The number of methoxy groups -OCH3 is 1. The Kier molecular flexibility index (Phi) is 10.7. The van der Waals surface area contributed by atoms with Crippen molar-refractivity contribution >= 4 is 12.4 Å². The van der Waals surface area contributed by atoms with Gasteiger partial charge in [0.1, 0.15) is 6.61 Å². The second-order valence-electron chi connectivity index (χ2n) is 5.51. The molecule has 0 saturated heterocycles. The summed E-state index contributed by atoms with van der Waals surface area (Å²) in [5, 5.41) is 3.41. The van der Waals surface area contributed by atoms with Gasteiger partial charge in [-0.2, -0.15) is 0 Å². The summed E-state index contributed by atoms with van der Waals surface area (Å²) >= 11 is 0. The molecule has 0 radical (unpaired) electrons. The highest BCUT2D eigenvalue weighted by molar-refractivity contribution is 5.85. The largest absolute Gasteiger partial charge is 0.490 e. The Labute approximate surface area is 156 Å². The van der Waals surface area contributed by atoms with Crippen molar-refractivity contribution in [1.82, 2.24) is 5.32 Å². The molecular formula is C20H28ClNO3. The highest BCUT2D eigenvalue weighted by Crippen LogP contribution is 2.29. The predicted molar refractivity (Wildman–Crippen MR) is 104 cm³/mol. The Balaban J connectivity index is 0.00000312. The lowest BCUT2D eigenvalue weighted by Gasteiger charge is -2.14. The maximum absolute atomic E-state index is 5.93. The molecule has 2 aromatic rings. The van der Waals surface area contributed by atoms with Crippen molar-refractivity contribution in [2.45, 2.75) is 26.5 Å². The van der Waals surface area contributed by atoms with Crippen LogP contribution < -0.4 is 14.8 Å². The maximum atomic E-state index is 5.93. The van der Waals surface area contributed by atoms with Gasteiger partial charge in [0, 0.05) is 20.3 Å². The van der Waals surface area contributed by atoms with Crippen LogP contribution in [0.2, 0.25) is 0 Å². The van der Waals surface area contributed by atoms with Crippen LogP contribution in [0.3, 0.4) is 0 Å². The van der Waals surface area contributed by atoms with E-state index in [1.165, 1.54) is 5.56 Å². The molecule has 4 nitrogen and oxygen atoms in total. The molecule has 0 aromatic heterocycles. The Bertz CT molecular complexity index is 593. The fourth-order valence-electron chi connectivity index (χ4n) is 2.36. The Morgan fingerprint density at radius 1 is 0.920 bits per heavy atom. The Morgan fingerprint density at radius 2 is 1.72 bits per heavy atom. The van der Waals surface area contributed by atoms with Crippen LogP contribution in [0, 0.1) is 0 Å². The molecule has 0 aliphatic rings. The van der Waals surface area contributed by atoms with E-state index in [0.29, 0.717) is 13.2 Å². The van der Waals surface area contributed by atoms with Crippen LogP contribution in [-0.4, -0.2) is 26.9 Å². The van der Waals surface area contributed by atoms with Gasteiger partial charge in [0.05, 0.1) is 6.61 Å². The van der Waals surface area contributed by atoms with Crippen molar-refractivity contribution in [2.75, 3.05) is 26.9 Å². The van der Waals surface area contributed by atoms with Gasteiger partial charge in [-0.15, -0.1) is 12.4 Å². The summed E-state index contributed by atoms with van der Waals surface area (Å²) in [5.41, 5.74) is 2.33. The summed E-state index contributed by atoms with van der Waals surface area (Å²) < 4.78 is 16.7. The average Bonchev–Trinajstić information content (AvgIpc) is 2.62. The van der Waals surface area contributed by atoms with Gasteiger partial charge in [-0.1, -0.05) is 36.4 Å². The average molecular weight is 366 g/mol. The number of halogens is 1. The molecule has 0 aliphatic carbocycles. The lowest BCUT2D eigenvalue weighted by Crippen LogP contribution is -2.16. The summed E-state index contributed by atoms with van der Waals surface area (Å²) in [6.07, 6.45) is 1.01. The molecule has 0 fully saturated rings. The fourth-order valence-corrected chi connectivity index (χ4v) is 2.36. The lowest BCUT2D eigenvalue weighted by atomic mass is 10.2. The fraction of sp³-hybridized carbons (Fsp3) is 0.400. The SMILES string of the molecule is CCOc1cc(CNCCCOC)ccc1OCc1ccccc1.Cl. The van der Waals surface area contributed by atoms with Crippen LogP contribution in [0.1, 0.15) is 24.5 Å². The van der Waals surface area contributed by atoms with E-state index in [9.17, 15) is 0 Å². The molecule has 2 aromatic carbocycles. The maximum Gasteiger partial charge on any atom is 0.161 e. The predicted octanol–water partition coefficient (Wildman–Crippen LogP) is 4.21. The number of rotatable bonds is 11. The molecule has 5 heteroatoms. The van der Waals surface area contributed by atoms with Crippen LogP contribution in [0.15, 0.2) is 48.5 Å². The van der Waals surface area contributed by atoms with Gasteiger partial charge < -0.3 is 19.5 Å². The van der Waals surface area contributed by atoms with E-state index in [4.69, 9.17) is 14.2 Å². The molecule has 0 amide bonds. The summed E-state index contributed by atoms with van der Waals surface area (Å²) in [6, 6.07) is 16.3. The quantitative estimate of drug-likeness (QED) is 0.605. The number of benzene rings is 2. The molecule has 0 saturated carbocycles. The van der Waals surface area contributed by atoms with Gasteiger partial charge in [-0.05, 0) is 43.1 Å². The molecule has 2 rings (SSSR count). The summed E-state index contributed by atoms with van der Waals surface area (Å²) in [6.45, 7) is 5.66. The summed E-state index contributed by atoms with van der Waals surface area (Å²) in [4.78, 5) is 0. The number of hydrogen-bond acceptors (Lipinski definition) is 4. The van der Waals surface area contributed by atoms with Crippen LogP contribution in [0.5, 0.6) is 11.5 Å². The van der Waals surface area contributed by atoms with Gasteiger partial charge in [0.2, 0.25) is 0 Å². The van der Waals surface area contributed by atoms with E-state index in [1.807, 2.05) is 37.3 Å². The minimum Gasteiger partial charge on any atom is -0.490 e. The number of hydrogen-bond donors (Lipinski definition) is 1. The van der Waals surface area contributed by atoms with Crippen LogP contribution in [0.25, 0.3) is 0 Å². The standard InChI is InChI=1S/C20H27NO3.ClH/c1-3-23-20-14-18(15-21-12-7-13-22-2)10-11-19(20)24-16-17-8-5-4-6-9-17;/h4-6,8-11,14,21H,3,7,12-13,15-16H2,1-2H3;1H. The monoisotopic (exact) mass is 365 g/mol. The zero-order chi connectivity index (χ0) is 17.0. The van der Waals surface area contributed by atoms with Crippen molar-refractivity contribution in [3.05, 3.63) is 59.7 Å². The molecule has 0 heterocycles. The van der Waals surface area contributed by atoms with Gasteiger partial charge >= 0.3 is 0 Å². The molecule has 0 aliphatic heterocycles. The van der Waals surface area contributed by atoms with Gasteiger partial charge in [-0.25, -0.2) is 0 Å². The number of ether oxygens (including phenoxy) is 3. The number of nitrogens with one attached hydrogen (secondary N) is 1. The summed E-state index contributed by atoms with van der Waals surface area (Å²) in [7, 11) is 1.72. The minimum atomic E-state index is 0. The topological polar surface area (TPSA) is 39.7 Å². The second-order valence-corrected chi connectivity index (χ2v) is 5.51. The van der Waals surface area contributed by atoms with E-state index in [2.05, 4.69) is 23.5 Å². The van der Waals surface area contributed by atoms with Gasteiger partial charge in [-0.3, -0.25) is 0 Å². The molecule has 138 valence electrons. The van der Waals surface area contributed by atoms with Crippen LogP contribution in [-0.2, 0) is 17.9 Å². The molecule has 0 spiro atoms. The van der Waals surface area contributed by atoms with Crippen LogP contribution >= 0.6 is 12.4 Å². The van der Waals surface area contributed by atoms with Crippen molar-refractivity contribution < 1.29 is 14.2 Å². The first kappa shape index (κ1) is 21.3. The highest BCUT2D eigenvalue weighted by atomic mass is 35.5. The van der Waals surface area contributed by atoms with Crippen molar-refractivity contribution in [3.8, 4) is 11.5 Å². The van der Waals surface area contributed by atoms with Gasteiger partial charge in [0.15, 0.2) is 11.5 Å². The van der Waals surface area contributed by atoms with Crippen molar-refractivity contribution in [1.29, 1.82) is 0 Å².